The second-order valence-corrected chi connectivity index (χ2v) is 10.6. The predicted molar refractivity (Wildman–Crippen MR) is 124 cm³/mol. The van der Waals surface area contributed by atoms with Crippen molar-refractivity contribution < 1.29 is 5.11 Å². The zero-order valence-corrected chi connectivity index (χ0v) is 19.5. The lowest BCUT2D eigenvalue weighted by molar-refractivity contribution is 0.423. The van der Waals surface area contributed by atoms with Crippen molar-refractivity contribution in [1.29, 1.82) is 0 Å². The minimum atomic E-state index is -0.171. The smallest absolute Gasteiger partial charge is 0.211 e. The number of thiazole rings is 1. The molecule has 0 aliphatic carbocycles. The van der Waals surface area contributed by atoms with Crippen LogP contribution >= 0.6 is 11.3 Å². The summed E-state index contributed by atoms with van der Waals surface area (Å²) in [5.74, 6) is 0.384. The van der Waals surface area contributed by atoms with Gasteiger partial charge >= 0.3 is 0 Å². The van der Waals surface area contributed by atoms with Crippen LogP contribution in [-0.4, -0.2) is 15.4 Å². The summed E-state index contributed by atoms with van der Waals surface area (Å²) in [4.78, 5) is 0.858. The summed E-state index contributed by atoms with van der Waals surface area (Å²) >= 11 is 1.63. The molecule has 3 aromatic rings. The number of nitrogens with zero attached hydrogens (tertiary/aromatic N) is 3. The highest BCUT2D eigenvalue weighted by Gasteiger charge is 2.26. The first-order valence-electron chi connectivity index (χ1n) is 9.91. The van der Waals surface area contributed by atoms with E-state index in [9.17, 15) is 5.11 Å². The predicted octanol–water partition coefficient (Wildman–Crippen LogP) is 5.87. The van der Waals surface area contributed by atoms with Crippen LogP contribution in [0.25, 0.3) is 10.2 Å². The second-order valence-electron chi connectivity index (χ2n) is 9.62. The Bertz CT molecular complexity index is 1120. The molecule has 154 valence electrons. The topological polar surface area (TPSA) is 49.9 Å². The van der Waals surface area contributed by atoms with Gasteiger partial charge in [0.2, 0.25) is 4.80 Å². The lowest BCUT2D eigenvalue weighted by Gasteiger charge is -2.28. The summed E-state index contributed by atoms with van der Waals surface area (Å²) in [6, 6.07) is 12.3. The number of rotatable bonds is 2. The second kappa shape index (κ2) is 7.45. The quantitative estimate of drug-likeness (QED) is 0.418. The third-order valence-electron chi connectivity index (χ3n) is 5.14. The summed E-state index contributed by atoms with van der Waals surface area (Å²) < 4.78 is 3.26. The van der Waals surface area contributed by atoms with Crippen LogP contribution in [0, 0.1) is 0 Å². The summed E-state index contributed by atoms with van der Waals surface area (Å²) in [5, 5.41) is 20.0. The number of hydrogen-bond acceptors (Lipinski definition) is 4. The molecule has 0 radical (unpaired) electrons. The molecule has 1 heterocycles. The van der Waals surface area contributed by atoms with Crippen molar-refractivity contribution in [1.82, 2.24) is 4.57 Å². The van der Waals surface area contributed by atoms with Crippen molar-refractivity contribution in [3.05, 3.63) is 57.9 Å². The molecular formula is C24H31N3OS. The molecule has 2 aromatic carbocycles. The summed E-state index contributed by atoms with van der Waals surface area (Å²) in [6.45, 7) is 14.7. The van der Waals surface area contributed by atoms with Gasteiger partial charge in [0, 0.05) is 18.2 Å². The maximum absolute atomic E-state index is 10.9. The molecule has 0 aliphatic heterocycles. The Hall–Kier alpha value is -2.40. The molecular weight excluding hydrogens is 378 g/mol. The number of benzene rings is 2. The fourth-order valence-electron chi connectivity index (χ4n) is 3.34. The Kier molecular flexibility index (Phi) is 5.48. The van der Waals surface area contributed by atoms with Gasteiger partial charge in [-0.25, -0.2) is 0 Å². The van der Waals surface area contributed by atoms with Crippen molar-refractivity contribution >= 4 is 27.3 Å². The molecule has 0 saturated heterocycles. The van der Waals surface area contributed by atoms with Crippen molar-refractivity contribution in [3.63, 3.8) is 0 Å². The number of para-hydroxylation sites is 1. The van der Waals surface area contributed by atoms with Gasteiger partial charge in [0.05, 0.1) is 15.9 Å². The number of phenolic OH excluding ortho intramolecular Hbond substituents is 1. The standard InChI is InChI=1S/C24H31N3OS/c1-15(25-26-22-27(8)19-11-9-10-12-20(19)29-22)16-13-17(23(2,3)4)21(28)18(14-16)24(5,6)7/h9-14,28H,1-8H3/b25-15+,26-22?. The van der Waals surface area contributed by atoms with Crippen LogP contribution in [0.3, 0.4) is 0 Å². The summed E-state index contributed by atoms with van der Waals surface area (Å²) in [5.41, 5.74) is 4.50. The van der Waals surface area contributed by atoms with E-state index in [2.05, 4.69) is 68.4 Å². The average molecular weight is 410 g/mol. The van der Waals surface area contributed by atoms with Crippen LogP contribution in [0.2, 0.25) is 0 Å². The molecule has 0 bridgehead atoms. The highest BCUT2D eigenvalue weighted by molar-refractivity contribution is 7.16. The third kappa shape index (κ3) is 4.30. The first-order chi connectivity index (χ1) is 13.4. The van der Waals surface area contributed by atoms with E-state index in [1.54, 1.807) is 11.3 Å². The Labute approximate surface area is 177 Å². The Morgan fingerprint density at radius 2 is 1.52 bits per heavy atom. The molecule has 0 unspecified atom stereocenters. The van der Waals surface area contributed by atoms with E-state index in [-0.39, 0.29) is 10.8 Å². The van der Waals surface area contributed by atoms with Crippen molar-refractivity contribution in [2.45, 2.75) is 59.3 Å². The maximum atomic E-state index is 10.9. The SMILES string of the molecule is C/C(=N\N=c1sc2ccccc2n1C)c1cc(C(C)(C)C)c(O)c(C(C)(C)C)c1. The molecule has 1 aromatic heterocycles. The van der Waals surface area contributed by atoms with Gasteiger partial charge < -0.3 is 9.67 Å². The maximum Gasteiger partial charge on any atom is 0.211 e. The molecule has 0 aliphatic rings. The first-order valence-corrected chi connectivity index (χ1v) is 10.7. The van der Waals surface area contributed by atoms with E-state index in [1.165, 1.54) is 4.70 Å². The van der Waals surface area contributed by atoms with Crippen LogP contribution < -0.4 is 4.80 Å². The van der Waals surface area contributed by atoms with E-state index in [4.69, 9.17) is 0 Å². The number of phenols is 1. The van der Waals surface area contributed by atoms with E-state index in [0.717, 1.165) is 32.7 Å². The fraction of sp³-hybridized carbons (Fsp3) is 0.417. The minimum Gasteiger partial charge on any atom is -0.507 e. The highest BCUT2D eigenvalue weighted by Crippen LogP contribution is 2.39. The Morgan fingerprint density at radius 1 is 0.966 bits per heavy atom. The molecule has 1 N–H and O–H groups in total. The minimum absolute atomic E-state index is 0.171. The highest BCUT2D eigenvalue weighted by atomic mass is 32.1. The number of aryl methyl sites for hydroxylation is 1. The lowest BCUT2D eigenvalue weighted by atomic mass is 9.78. The molecule has 5 heteroatoms. The number of aromatic nitrogens is 1. The summed E-state index contributed by atoms with van der Waals surface area (Å²) in [7, 11) is 2.01. The van der Waals surface area contributed by atoms with Gasteiger partial charge in [-0.05, 0) is 47.6 Å². The zero-order valence-electron chi connectivity index (χ0n) is 18.7. The fourth-order valence-corrected chi connectivity index (χ4v) is 4.31. The average Bonchev–Trinajstić information content (AvgIpc) is 2.94. The first kappa shape index (κ1) is 21.3. The van der Waals surface area contributed by atoms with Gasteiger partial charge in [0.1, 0.15) is 5.75 Å². The van der Waals surface area contributed by atoms with Crippen molar-refractivity contribution in [3.8, 4) is 5.75 Å². The lowest BCUT2D eigenvalue weighted by Crippen LogP contribution is -2.18. The van der Waals surface area contributed by atoms with E-state index in [0.29, 0.717) is 5.75 Å². The molecule has 0 saturated carbocycles. The molecule has 0 amide bonds. The molecule has 0 atom stereocenters. The van der Waals surface area contributed by atoms with E-state index in [1.807, 2.05) is 38.2 Å². The normalized spacial score (nSPS) is 14.1. The Morgan fingerprint density at radius 3 is 2.03 bits per heavy atom. The van der Waals surface area contributed by atoms with Crippen molar-refractivity contribution in [2.75, 3.05) is 0 Å². The van der Waals surface area contributed by atoms with Crippen molar-refractivity contribution in [2.24, 2.45) is 17.3 Å². The summed E-state index contributed by atoms with van der Waals surface area (Å²) in [6.07, 6.45) is 0. The molecule has 3 rings (SSSR count). The van der Waals surface area contributed by atoms with Gasteiger partial charge in [-0.1, -0.05) is 65.0 Å². The number of fused-ring (bicyclic) bond motifs is 1. The van der Waals surface area contributed by atoms with Gasteiger partial charge in [-0.15, -0.1) is 5.10 Å². The van der Waals surface area contributed by atoms with Crippen LogP contribution in [0.1, 0.15) is 65.2 Å². The zero-order chi connectivity index (χ0) is 21.6. The molecule has 0 fully saturated rings. The van der Waals surface area contributed by atoms with Crippen LogP contribution in [0.4, 0.5) is 0 Å². The monoisotopic (exact) mass is 409 g/mol. The third-order valence-corrected chi connectivity index (χ3v) is 6.25. The van der Waals surface area contributed by atoms with E-state index < -0.39 is 0 Å². The molecule has 0 spiro atoms. The van der Waals surface area contributed by atoms with Gasteiger partial charge in [-0.2, -0.15) is 5.10 Å². The number of hydrogen-bond donors (Lipinski definition) is 1. The van der Waals surface area contributed by atoms with Crippen LogP contribution in [-0.2, 0) is 17.9 Å². The van der Waals surface area contributed by atoms with Crippen LogP contribution in [0.15, 0.2) is 46.6 Å². The van der Waals surface area contributed by atoms with Gasteiger partial charge in [0.15, 0.2) is 0 Å². The van der Waals surface area contributed by atoms with E-state index >= 15 is 0 Å². The van der Waals surface area contributed by atoms with Gasteiger partial charge in [0.25, 0.3) is 0 Å². The largest absolute Gasteiger partial charge is 0.507 e. The van der Waals surface area contributed by atoms with Gasteiger partial charge in [-0.3, -0.25) is 0 Å². The Balaban J connectivity index is 2.15. The molecule has 4 nitrogen and oxygen atoms in total. The van der Waals surface area contributed by atoms with Crippen LogP contribution in [0.5, 0.6) is 5.75 Å². The number of aromatic hydroxyl groups is 1. The molecule has 29 heavy (non-hydrogen) atoms.